The largest absolute Gasteiger partial charge is 0.449 e. The van der Waals surface area contributed by atoms with Gasteiger partial charge in [0.2, 0.25) is 0 Å². The molecule has 1 rings (SSSR count). The zero-order valence-corrected chi connectivity index (χ0v) is 11.1. The van der Waals surface area contributed by atoms with E-state index >= 15 is 0 Å². The van der Waals surface area contributed by atoms with Gasteiger partial charge in [0.15, 0.2) is 0 Å². The summed E-state index contributed by atoms with van der Waals surface area (Å²) in [7, 11) is 0. The molecule has 0 bridgehead atoms. The third-order valence-electron chi connectivity index (χ3n) is 3.32. The summed E-state index contributed by atoms with van der Waals surface area (Å²) in [5.41, 5.74) is 5.74. The molecule has 0 aliphatic heterocycles. The SMILES string of the molecule is CC(C)COC(=O)NC(CN)C1CCCCC1. The predicted octanol–water partition coefficient (Wildman–Crippen LogP) is 2.28. The van der Waals surface area contributed by atoms with Crippen LogP contribution in [0.1, 0.15) is 46.0 Å². The topological polar surface area (TPSA) is 64.3 Å². The van der Waals surface area contributed by atoms with Crippen molar-refractivity contribution in [1.29, 1.82) is 0 Å². The number of alkyl carbamates (subject to hydrolysis) is 1. The van der Waals surface area contributed by atoms with E-state index in [1.54, 1.807) is 0 Å². The molecule has 0 radical (unpaired) electrons. The third-order valence-corrected chi connectivity index (χ3v) is 3.32. The summed E-state index contributed by atoms with van der Waals surface area (Å²) in [4.78, 5) is 11.6. The molecule has 0 saturated heterocycles. The van der Waals surface area contributed by atoms with E-state index in [0.717, 1.165) is 0 Å². The van der Waals surface area contributed by atoms with E-state index in [1.807, 2.05) is 13.8 Å². The summed E-state index contributed by atoms with van der Waals surface area (Å²) in [6.07, 6.45) is 5.85. The summed E-state index contributed by atoms with van der Waals surface area (Å²) in [6.45, 7) is 5.01. The minimum absolute atomic E-state index is 0.0787. The molecule has 1 aliphatic rings. The van der Waals surface area contributed by atoms with Crippen LogP contribution < -0.4 is 11.1 Å². The van der Waals surface area contributed by atoms with Gasteiger partial charge in [-0.25, -0.2) is 4.79 Å². The van der Waals surface area contributed by atoms with Crippen molar-refractivity contribution >= 4 is 6.09 Å². The van der Waals surface area contributed by atoms with E-state index in [2.05, 4.69) is 5.32 Å². The number of nitrogens with one attached hydrogen (secondary N) is 1. The number of carbonyl (C=O) groups excluding carboxylic acids is 1. The highest BCUT2D eigenvalue weighted by molar-refractivity contribution is 5.67. The molecule has 4 nitrogen and oxygen atoms in total. The van der Waals surface area contributed by atoms with Gasteiger partial charge in [-0.15, -0.1) is 0 Å². The van der Waals surface area contributed by atoms with Crippen LogP contribution in [0.15, 0.2) is 0 Å². The van der Waals surface area contributed by atoms with Crippen LogP contribution >= 0.6 is 0 Å². The number of rotatable bonds is 5. The highest BCUT2D eigenvalue weighted by atomic mass is 16.5. The smallest absolute Gasteiger partial charge is 0.407 e. The zero-order chi connectivity index (χ0) is 12.7. The zero-order valence-electron chi connectivity index (χ0n) is 11.1. The maximum absolute atomic E-state index is 11.6. The lowest BCUT2D eigenvalue weighted by Gasteiger charge is -2.29. The molecule has 1 unspecified atom stereocenters. The highest BCUT2D eigenvalue weighted by Gasteiger charge is 2.24. The van der Waals surface area contributed by atoms with Crippen LogP contribution in [0.5, 0.6) is 0 Å². The van der Waals surface area contributed by atoms with Gasteiger partial charge in [0.25, 0.3) is 0 Å². The maximum Gasteiger partial charge on any atom is 0.407 e. The van der Waals surface area contributed by atoms with Crippen molar-refractivity contribution in [3.8, 4) is 0 Å². The van der Waals surface area contributed by atoms with Gasteiger partial charge in [-0.05, 0) is 24.7 Å². The molecule has 1 aliphatic carbocycles. The Bertz CT molecular complexity index is 225. The second-order valence-electron chi connectivity index (χ2n) is 5.38. The van der Waals surface area contributed by atoms with Gasteiger partial charge in [0.05, 0.1) is 6.61 Å². The number of hydrogen-bond donors (Lipinski definition) is 2. The van der Waals surface area contributed by atoms with Gasteiger partial charge in [0, 0.05) is 12.6 Å². The molecule has 1 atom stereocenters. The van der Waals surface area contributed by atoms with Crippen molar-refractivity contribution in [1.82, 2.24) is 5.32 Å². The van der Waals surface area contributed by atoms with Crippen molar-refractivity contribution in [2.75, 3.05) is 13.2 Å². The average Bonchev–Trinajstić information content (AvgIpc) is 2.34. The molecule has 4 heteroatoms. The molecule has 100 valence electrons. The molecule has 1 fully saturated rings. The normalized spacial score (nSPS) is 19.1. The Kier molecular flexibility index (Phi) is 6.34. The fourth-order valence-electron chi connectivity index (χ4n) is 2.34. The van der Waals surface area contributed by atoms with Crippen LogP contribution in [0, 0.1) is 11.8 Å². The van der Waals surface area contributed by atoms with E-state index < -0.39 is 0 Å². The second-order valence-corrected chi connectivity index (χ2v) is 5.38. The number of nitrogens with two attached hydrogens (primary N) is 1. The second kappa shape index (κ2) is 7.54. The molecule has 0 heterocycles. The van der Waals surface area contributed by atoms with Crippen LogP contribution in [0.4, 0.5) is 4.79 Å². The fourth-order valence-corrected chi connectivity index (χ4v) is 2.34. The Labute approximate surface area is 104 Å². The van der Waals surface area contributed by atoms with Crippen LogP contribution in [-0.4, -0.2) is 25.3 Å². The number of hydrogen-bond acceptors (Lipinski definition) is 3. The van der Waals surface area contributed by atoms with Crippen molar-refractivity contribution in [3.05, 3.63) is 0 Å². The first-order chi connectivity index (χ1) is 8.13. The van der Waals surface area contributed by atoms with Crippen molar-refractivity contribution in [2.24, 2.45) is 17.6 Å². The first-order valence-electron chi connectivity index (χ1n) is 6.76. The first kappa shape index (κ1) is 14.3. The Morgan fingerprint density at radius 1 is 1.35 bits per heavy atom. The lowest BCUT2D eigenvalue weighted by Crippen LogP contribution is -2.46. The van der Waals surface area contributed by atoms with E-state index in [-0.39, 0.29) is 12.1 Å². The van der Waals surface area contributed by atoms with E-state index in [4.69, 9.17) is 10.5 Å². The lowest BCUT2D eigenvalue weighted by atomic mass is 9.84. The Balaban J connectivity index is 2.32. The summed E-state index contributed by atoms with van der Waals surface area (Å²) < 4.78 is 5.12. The number of amides is 1. The molecule has 17 heavy (non-hydrogen) atoms. The third kappa shape index (κ3) is 5.39. The average molecular weight is 242 g/mol. The van der Waals surface area contributed by atoms with E-state index in [1.165, 1.54) is 32.1 Å². The Hall–Kier alpha value is -0.770. The summed E-state index contributed by atoms with van der Waals surface area (Å²) >= 11 is 0. The maximum atomic E-state index is 11.6. The molecular formula is C13H26N2O2. The fraction of sp³-hybridized carbons (Fsp3) is 0.923. The van der Waals surface area contributed by atoms with Crippen LogP contribution in [-0.2, 0) is 4.74 Å². The molecule has 0 spiro atoms. The monoisotopic (exact) mass is 242 g/mol. The first-order valence-corrected chi connectivity index (χ1v) is 6.76. The Morgan fingerprint density at radius 3 is 2.53 bits per heavy atom. The number of ether oxygens (including phenoxy) is 1. The minimum Gasteiger partial charge on any atom is -0.449 e. The quantitative estimate of drug-likeness (QED) is 0.777. The summed E-state index contributed by atoms with van der Waals surface area (Å²) in [5, 5.41) is 2.91. The summed E-state index contributed by atoms with van der Waals surface area (Å²) in [5.74, 6) is 0.895. The van der Waals surface area contributed by atoms with Gasteiger partial charge in [-0.2, -0.15) is 0 Å². The van der Waals surface area contributed by atoms with Crippen molar-refractivity contribution in [2.45, 2.75) is 52.0 Å². The predicted molar refractivity (Wildman–Crippen MR) is 68.7 cm³/mol. The Morgan fingerprint density at radius 2 is 2.00 bits per heavy atom. The highest BCUT2D eigenvalue weighted by Crippen LogP contribution is 2.26. The van der Waals surface area contributed by atoms with Gasteiger partial charge in [-0.3, -0.25) is 0 Å². The lowest BCUT2D eigenvalue weighted by molar-refractivity contribution is 0.123. The molecule has 0 aromatic heterocycles. The van der Waals surface area contributed by atoms with Gasteiger partial charge in [-0.1, -0.05) is 33.1 Å². The van der Waals surface area contributed by atoms with Crippen LogP contribution in [0.25, 0.3) is 0 Å². The molecular weight excluding hydrogens is 216 g/mol. The van der Waals surface area contributed by atoms with E-state index in [9.17, 15) is 4.79 Å². The van der Waals surface area contributed by atoms with Gasteiger partial charge >= 0.3 is 6.09 Å². The van der Waals surface area contributed by atoms with Gasteiger partial charge < -0.3 is 15.8 Å². The van der Waals surface area contributed by atoms with Crippen LogP contribution in [0.3, 0.4) is 0 Å². The molecule has 1 saturated carbocycles. The van der Waals surface area contributed by atoms with Crippen molar-refractivity contribution < 1.29 is 9.53 Å². The van der Waals surface area contributed by atoms with Crippen molar-refractivity contribution in [3.63, 3.8) is 0 Å². The van der Waals surface area contributed by atoms with Gasteiger partial charge in [0.1, 0.15) is 0 Å². The minimum atomic E-state index is -0.320. The summed E-state index contributed by atoms with van der Waals surface area (Å²) in [6, 6.07) is 0.0787. The molecule has 3 N–H and O–H groups in total. The standard InChI is InChI=1S/C13H26N2O2/c1-10(2)9-17-13(16)15-12(8-14)11-6-4-3-5-7-11/h10-12H,3-9,14H2,1-2H3,(H,15,16). The molecule has 1 amide bonds. The molecule has 0 aromatic rings. The van der Waals surface area contributed by atoms with Crippen LogP contribution in [0.2, 0.25) is 0 Å². The number of carbonyl (C=O) groups is 1. The van der Waals surface area contributed by atoms with E-state index in [0.29, 0.717) is 25.0 Å². The molecule has 0 aromatic carbocycles.